The van der Waals surface area contributed by atoms with Crippen LogP contribution in [-0.2, 0) is 8.92 Å². The van der Waals surface area contributed by atoms with E-state index in [1.807, 2.05) is 0 Å². The molecule has 1 heterocycles. The van der Waals surface area contributed by atoms with Gasteiger partial charge in [-0.15, -0.1) is 0 Å². The second-order valence-corrected chi connectivity index (χ2v) is 3.80. The molecule has 1 fully saturated rings. The van der Waals surface area contributed by atoms with Crippen molar-refractivity contribution in [2.45, 2.75) is 37.4 Å². The molecule has 0 aromatic carbocycles. The van der Waals surface area contributed by atoms with E-state index in [-0.39, 0.29) is 6.61 Å². The summed E-state index contributed by atoms with van der Waals surface area (Å²) in [4.78, 5) is 0. The van der Waals surface area contributed by atoms with Crippen LogP contribution >= 0.6 is 12.0 Å². The molecule has 14 heavy (non-hydrogen) atoms. The first kappa shape index (κ1) is 12.2. The van der Waals surface area contributed by atoms with E-state index in [9.17, 15) is 10.2 Å². The lowest BCUT2D eigenvalue weighted by Gasteiger charge is -2.40. The molecule has 0 spiro atoms. The van der Waals surface area contributed by atoms with Crippen LogP contribution in [0.4, 0.5) is 0 Å². The van der Waals surface area contributed by atoms with Gasteiger partial charge in [0.15, 0.2) is 0 Å². The van der Waals surface area contributed by atoms with Crippen molar-refractivity contribution in [2.75, 3.05) is 12.9 Å². The standard InChI is InChI=1S/C8H16O5S/c1-4-6(10)7(11)8(13-14-2)5(3-9)12-4/h4-11H,3H2,1-2H3/t4-,5?,6?,7?,8?/m1/s1. The number of rotatable bonds is 3. The van der Waals surface area contributed by atoms with Gasteiger partial charge in [-0.05, 0) is 19.0 Å². The van der Waals surface area contributed by atoms with E-state index in [2.05, 4.69) is 0 Å². The first-order chi connectivity index (χ1) is 6.61. The van der Waals surface area contributed by atoms with Gasteiger partial charge in [0.1, 0.15) is 24.4 Å². The lowest BCUT2D eigenvalue weighted by atomic mass is 9.96. The summed E-state index contributed by atoms with van der Waals surface area (Å²) in [6, 6.07) is 0. The predicted octanol–water partition coefficient (Wildman–Crippen LogP) is -0.849. The molecule has 0 aromatic heterocycles. The molecule has 0 aliphatic carbocycles. The summed E-state index contributed by atoms with van der Waals surface area (Å²) in [6.45, 7) is 1.41. The summed E-state index contributed by atoms with van der Waals surface area (Å²) in [7, 11) is 0. The molecule has 3 N–H and O–H groups in total. The van der Waals surface area contributed by atoms with E-state index in [1.54, 1.807) is 13.2 Å². The summed E-state index contributed by atoms with van der Waals surface area (Å²) in [5, 5.41) is 28.2. The third kappa shape index (κ3) is 2.39. The van der Waals surface area contributed by atoms with Crippen LogP contribution < -0.4 is 0 Å². The van der Waals surface area contributed by atoms with E-state index < -0.39 is 30.5 Å². The Kier molecular flexibility index (Phi) is 4.62. The van der Waals surface area contributed by atoms with Gasteiger partial charge in [-0.25, -0.2) is 0 Å². The summed E-state index contributed by atoms with van der Waals surface area (Å²) >= 11 is 1.07. The van der Waals surface area contributed by atoms with E-state index in [0.717, 1.165) is 12.0 Å². The van der Waals surface area contributed by atoms with Crippen LogP contribution in [0.1, 0.15) is 6.92 Å². The van der Waals surface area contributed by atoms with Gasteiger partial charge >= 0.3 is 0 Å². The fourth-order valence-electron chi connectivity index (χ4n) is 1.50. The number of hydrogen-bond donors (Lipinski definition) is 3. The maximum Gasteiger partial charge on any atom is 0.129 e. The van der Waals surface area contributed by atoms with Crippen LogP contribution in [0.25, 0.3) is 0 Å². The van der Waals surface area contributed by atoms with Gasteiger partial charge in [0.2, 0.25) is 0 Å². The molecule has 5 atom stereocenters. The summed E-state index contributed by atoms with van der Waals surface area (Å²) in [5.74, 6) is 0. The van der Waals surface area contributed by atoms with Gasteiger partial charge in [0, 0.05) is 6.26 Å². The molecule has 0 radical (unpaired) electrons. The van der Waals surface area contributed by atoms with Crippen molar-refractivity contribution < 1.29 is 24.2 Å². The molecular weight excluding hydrogens is 208 g/mol. The van der Waals surface area contributed by atoms with Gasteiger partial charge in [0.25, 0.3) is 0 Å². The molecule has 0 amide bonds. The highest BCUT2D eigenvalue weighted by Gasteiger charge is 2.43. The minimum atomic E-state index is -1.02. The number of hydrogen-bond acceptors (Lipinski definition) is 6. The molecular formula is C8H16O5S. The first-order valence-electron chi connectivity index (χ1n) is 4.43. The fraction of sp³-hybridized carbons (Fsp3) is 1.00. The van der Waals surface area contributed by atoms with E-state index in [1.165, 1.54) is 0 Å². The third-order valence-corrected chi connectivity index (χ3v) is 2.73. The molecule has 4 unspecified atom stereocenters. The Morgan fingerprint density at radius 1 is 1.36 bits per heavy atom. The minimum absolute atomic E-state index is 0.237. The number of aliphatic hydroxyl groups is 3. The lowest BCUT2D eigenvalue weighted by Crippen LogP contribution is -2.58. The number of ether oxygens (including phenoxy) is 1. The van der Waals surface area contributed by atoms with Crippen LogP contribution in [0, 0.1) is 0 Å². The van der Waals surface area contributed by atoms with Crippen LogP contribution in [0.5, 0.6) is 0 Å². The lowest BCUT2D eigenvalue weighted by molar-refractivity contribution is -0.214. The number of aliphatic hydroxyl groups excluding tert-OH is 3. The molecule has 84 valence electrons. The molecule has 5 nitrogen and oxygen atoms in total. The van der Waals surface area contributed by atoms with Crippen molar-refractivity contribution in [3.63, 3.8) is 0 Å². The van der Waals surface area contributed by atoms with E-state index in [0.29, 0.717) is 0 Å². The second kappa shape index (κ2) is 5.29. The van der Waals surface area contributed by atoms with Gasteiger partial charge in [-0.3, -0.25) is 0 Å². The third-order valence-electron chi connectivity index (χ3n) is 2.31. The van der Waals surface area contributed by atoms with Gasteiger partial charge < -0.3 is 24.2 Å². The quantitative estimate of drug-likeness (QED) is 0.542. The van der Waals surface area contributed by atoms with E-state index in [4.69, 9.17) is 14.0 Å². The van der Waals surface area contributed by atoms with Crippen molar-refractivity contribution in [3.05, 3.63) is 0 Å². The zero-order valence-corrected chi connectivity index (χ0v) is 8.98. The molecule has 1 saturated heterocycles. The zero-order chi connectivity index (χ0) is 10.7. The van der Waals surface area contributed by atoms with Crippen molar-refractivity contribution in [1.82, 2.24) is 0 Å². The highest BCUT2D eigenvalue weighted by atomic mass is 32.2. The predicted molar refractivity (Wildman–Crippen MR) is 51.8 cm³/mol. The second-order valence-electron chi connectivity index (χ2n) is 3.27. The van der Waals surface area contributed by atoms with Crippen LogP contribution in [-0.4, -0.2) is 58.7 Å². The highest BCUT2D eigenvalue weighted by molar-refractivity contribution is 7.93. The molecule has 1 rings (SSSR count). The molecule has 0 saturated carbocycles. The zero-order valence-electron chi connectivity index (χ0n) is 8.16. The van der Waals surface area contributed by atoms with E-state index >= 15 is 0 Å². The van der Waals surface area contributed by atoms with Crippen LogP contribution in [0.2, 0.25) is 0 Å². The van der Waals surface area contributed by atoms with Crippen molar-refractivity contribution in [2.24, 2.45) is 0 Å². The van der Waals surface area contributed by atoms with Crippen LogP contribution in [0.3, 0.4) is 0 Å². The Bertz CT molecular complexity index is 177. The average Bonchev–Trinajstić information content (AvgIpc) is 2.19. The van der Waals surface area contributed by atoms with Crippen LogP contribution in [0.15, 0.2) is 0 Å². The fourth-order valence-corrected chi connectivity index (χ4v) is 1.96. The van der Waals surface area contributed by atoms with Gasteiger partial charge in [-0.1, -0.05) is 0 Å². The molecule has 0 aromatic rings. The van der Waals surface area contributed by atoms with Gasteiger partial charge in [-0.2, -0.15) is 0 Å². The summed E-state index contributed by atoms with van der Waals surface area (Å²) in [6.07, 6.45) is -2.08. The summed E-state index contributed by atoms with van der Waals surface area (Å²) < 4.78 is 10.4. The highest BCUT2D eigenvalue weighted by Crippen LogP contribution is 2.25. The maximum atomic E-state index is 9.66. The Labute approximate surface area is 87.2 Å². The molecule has 6 heteroatoms. The molecule has 1 aliphatic heterocycles. The Hall–Kier alpha value is 0.150. The monoisotopic (exact) mass is 224 g/mol. The largest absolute Gasteiger partial charge is 0.394 e. The molecule has 1 aliphatic rings. The Morgan fingerprint density at radius 3 is 2.50 bits per heavy atom. The van der Waals surface area contributed by atoms with Crippen molar-refractivity contribution in [3.8, 4) is 0 Å². The average molecular weight is 224 g/mol. The topological polar surface area (TPSA) is 79.2 Å². The van der Waals surface area contributed by atoms with Crippen molar-refractivity contribution >= 4 is 12.0 Å². The Balaban J connectivity index is 2.67. The summed E-state index contributed by atoms with van der Waals surface area (Å²) in [5.41, 5.74) is 0. The smallest absolute Gasteiger partial charge is 0.129 e. The first-order valence-corrected chi connectivity index (χ1v) is 5.58. The Morgan fingerprint density at radius 2 is 2.00 bits per heavy atom. The van der Waals surface area contributed by atoms with Gasteiger partial charge in [0.05, 0.1) is 12.7 Å². The van der Waals surface area contributed by atoms with Crippen molar-refractivity contribution in [1.29, 1.82) is 0 Å². The minimum Gasteiger partial charge on any atom is -0.394 e. The maximum absolute atomic E-state index is 9.66. The molecule has 0 bridgehead atoms. The normalized spacial score (nSPS) is 43.9. The SMILES string of the molecule is CSOC1C(CO)O[C@H](C)C(O)C1O.